The van der Waals surface area contributed by atoms with E-state index in [4.69, 9.17) is 18.5 Å². The Bertz CT molecular complexity index is 1490. The van der Waals surface area contributed by atoms with Gasteiger partial charge in [-0.1, -0.05) is 51.0 Å². The summed E-state index contributed by atoms with van der Waals surface area (Å²) in [5, 5.41) is 17.3. The fourth-order valence-corrected chi connectivity index (χ4v) is 5.76. The molecule has 0 aliphatic carbocycles. The highest BCUT2D eigenvalue weighted by atomic mass is 31.1. The molecule has 0 saturated carbocycles. The first-order valence-electron chi connectivity index (χ1n) is 18.8. The Kier molecular flexibility index (Phi) is 19.3. The van der Waals surface area contributed by atoms with Gasteiger partial charge in [-0.25, -0.2) is 0 Å². The molecule has 4 aromatic rings. The quantitative estimate of drug-likeness (QED) is 0.0364. The molecule has 0 N–H and O–H groups in total. The standard InChI is InChI=1S/C42H54N4O5P/c1-3-5-13-35-15-19-37(20-16-35)43-45-39-23-27-41(28-24-39)48-31-9-7-11-33-50-52(47)51-34-12-8-10-32-49-42-29-25-40(26-30-42)46-44-38-21-17-36(18-22-38)14-6-4-2/h15-30H,3-14,31-34H2,1-2H3/q+1. The summed E-state index contributed by atoms with van der Waals surface area (Å²) < 4.78 is 34.4. The van der Waals surface area contributed by atoms with Crippen molar-refractivity contribution in [1.82, 2.24) is 0 Å². The average molecular weight is 726 g/mol. The third-order valence-electron chi connectivity index (χ3n) is 8.25. The lowest BCUT2D eigenvalue weighted by Crippen LogP contribution is -1.99. The zero-order valence-corrected chi connectivity index (χ0v) is 31.7. The summed E-state index contributed by atoms with van der Waals surface area (Å²) >= 11 is 0. The molecule has 0 aromatic heterocycles. The first kappa shape index (κ1) is 40.5. The number of hydrogen-bond acceptors (Lipinski definition) is 9. The molecule has 0 amide bonds. The fourth-order valence-electron chi connectivity index (χ4n) is 5.13. The largest absolute Gasteiger partial charge is 0.697 e. The predicted octanol–water partition coefficient (Wildman–Crippen LogP) is 13.7. The second-order valence-corrected chi connectivity index (χ2v) is 13.6. The third-order valence-corrected chi connectivity index (χ3v) is 9.04. The van der Waals surface area contributed by atoms with E-state index in [0.29, 0.717) is 26.4 Å². The van der Waals surface area contributed by atoms with Crippen molar-refractivity contribution in [3.8, 4) is 11.5 Å². The van der Waals surface area contributed by atoms with Gasteiger partial charge >= 0.3 is 8.25 Å². The van der Waals surface area contributed by atoms with Gasteiger partial charge in [0.2, 0.25) is 0 Å². The van der Waals surface area contributed by atoms with Crippen LogP contribution >= 0.6 is 8.25 Å². The maximum absolute atomic E-state index is 12.0. The number of ether oxygens (including phenoxy) is 2. The van der Waals surface area contributed by atoms with E-state index in [-0.39, 0.29) is 0 Å². The lowest BCUT2D eigenvalue weighted by atomic mass is 10.1. The molecule has 4 aromatic carbocycles. The van der Waals surface area contributed by atoms with Gasteiger partial charge in [0.05, 0.1) is 36.0 Å². The topological polar surface area (TPSA) is 103 Å². The van der Waals surface area contributed by atoms with Gasteiger partial charge in [0.15, 0.2) is 0 Å². The fraction of sp³-hybridized carbons (Fsp3) is 0.429. The van der Waals surface area contributed by atoms with Crippen molar-refractivity contribution in [1.29, 1.82) is 0 Å². The molecule has 0 saturated heterocycles. The number of rotatable bonds is 26. The Labute approximate surface area is 310 Å². The predicted molar refractivity (Wildman–Crippen MR) is 210 cm³/mol. The van der Waals surface area contributed by atoms with Gasteiger partial charge in [-0.05, 0) is 148 Å². The average Bonchev–Trinajstić information content (AvgIpc) is 3.18. The molecule has 0 radical (unpaired) electrons. The van der Waals surface area contributed by atoms with E-state index in [9.17, 15) is 4.57 Å². The first-order chi connectivity index (χ1) is 25.6. The van der Waals surface area contributed by atoms with E-state index in [2.05, 4.69) is 58.6 Å². The Morgan fingerprint density at radius 2 is 0.750 bits per heavy atom. The van der Waals surface area contributed by atoms with E-state index < -0.39 is 8.25 Å². The zero-order chi connectivity index (χ0) is 36.5. The molecule has 0 spiro atoms. The molecular weight excluding hydrogens is 671 g/mol. The van der Waals surface area contributed by atoms with Crippen molar-refractivity contribution in [2.75, 3.05) is 26.4 Å². The molecule has 0 unspecified atom stereocenters. The van der Waals surface area contributed by atoms with Gasteiger partial charge in [-0.15, -0.1) is 9.05 Å². The van der Waals surface area contributed by atoms with Crippen molar-refractivity contribution < 1.29 is 23.1 Å². The molecule has 0 atom stereocenters. The maximum atomic E-state index is 12.0. The van der Waals surface area contributed by atoms with E-state index >= 15 is 0 Å². The number of benzene rings is 4. The van der Waals surface area contributed by atoms with Crippen molar-refractivity contribution in [2.24, 2.45) is 20.5 Å². The highest BCUT2D eigenvalue weighted by molar-refractivity contribution is 7.33. The molecule has 52 heavy (non-hydrogen) atoms. The summed E-state index contributed by atoms with van der Waals surface area (Å²) in [6.07, 6.45) is 12.1. The second-order valence-electron chi connectivity index (χ2n) is 12.6. The lowest BCUT2D eigenvalue weighted by Gasteiger charge is -2.06. The van der Waals surface area contributed by atoms with Gasteiger partial charge in [0, 0.05) is 4.57 Å². The molecule has 0 fully saturated rings. The third kappa shape index (κ3) is 16.8. The highest BCUT2D eigenvalue weighted by Crippen LogP contribution is 2.26. The Morgan fingerprint density at radius 1 is 0.423 bits per heavy atom. The van der Waals surface area contributed by atoms with Crippen molar-refractivity contribution in [2.45, 2.75) is 90.9 Å². The van der Waals surface area contributed by atoms with Crippen LogP contribution in [0.3, 0.4) is 0 Å². The van der Waals surface area contributed by atoms with Crippen LogP contribution < -0.4 is 9.47 Å². The second kappa shape index (κ2) is 24.8. The summed E-state index contributed by atoms with van der Waals surface area (Å²) in [5.74, 6) is 1.59. The summed E-state index contributed by atoms with van der Waals surface area (Å²) in [6.45, 7) is 6.40. The first-order valence-corrected chi connectivity index (χ1v) is 19.9. The Morgan fingerprint density at radius 3 is 1.10 bits per heavy atom. The van der Waals surface area contributed by atoms with Gasteiger partial charge in [-0.3, -0.25) is 0 Å². The molecule has 4 rings (SSSR count). The molecular formula is C42H54N4O5P+. The van der Waals surface area contributed by atoms with Gasteiger partial charge in [0.25, 0.3) is 0 Å². The van der Waals surface area contributed by atoms with Crippen LogP contribution in [0.5, 0.6) is 11.5 Å². The van der Waals surface area contributed by atoms with Crippen molar-refractivity contribution >= 4 is 31.0 Å². The van der Waals surface area contributed by atoms with Gasteiger partial charge in [0.1, 0.15) is 24.7 Å². The van der Waals surface area contributed by atoms with Crippen LogP contribution in [0.2, 0.25) is 0 Å². The molecule has 0 aliphatic heterocycles. The summed E-state index contributed by atoms with van der Waals surface area (Å²) in [5.41, 5.74) is 5.91. The number of aryl methyl sites for hydroxylation is 2. The van der Waals surface area contributed by atoms with Crippen LogP contribution in [0.15, 0.2) is 118 Å². The van der Waals surface area contributed by atoms with E-state index in [1.165, 1.54) is 36.8 Å². The maximum Gasteiger partial charge on any atom is 0.697 e. The summed E-state index contributed by atoms with van der Waals surface area (Å²) in [4.78, 5) is 0. The van der Waals surface area contributed by atoms with Crippen LogP contribution in [0.4, 0.5) is 22.7 Å². The van der Waals surface area contributed by atoms with Crippen LogP contribution in [0.25, 0.3) is 0 Å². The normalized spacial score (nSPS) is 11.8. The summed E-state index contributed by atoms with van der Waals surface area (Å²) in [6, 6.07) is 31.7. The number of hydrogen-bond donors (Lipinski definition) is 0. The minimum atomic E-state index is -2.10. The smallest absolute Gasteiger partial charge is 0.494 e. The number of azo groups is 2. The monoisotopic (exact) mass is 725 g/mol. The molecule has 0 bridgehead atoms. The number of nitrogens with zero attached hydrogens (tertiary/aromatic N) is 4. The molecule has 0 heterocycles. The van der Waals surface area contributed by atoms with E-state index in [1.54, 1.807) is 0 Å². The molecule has 0 aliphatic rings. The van der Waals surface area contributed by atoms with E-state index in [0.717, 1.165) is 85.6 Å². The molecule has 10 heteroatoms. The SMILES string of the molecule is CCCCc1ccc(N=Nc2ccc(OCCCCCO[P+](=O)OCCCCCOc3ccc(N=Nc4ccc(CCCC)cc4)cc3)cc2)cc1. The minimum Gasteiger partial charge on any atom is -0.494 e. The lowest BCUT2D eigenvalue weighted by molar-refractivity contribution is 0.214. The van der Waals surface area contributed by atoms with Crippen molar-refractivity contribution in [3.05, 3.63) is 108 Å². The van der Waals surface area contributed by atoms with Gasteiger partial charge in [-0.2, -0.15) is 20.5 Å². The van der Waals surface area contributed by atoms with E-state index in [1.807, 2.05) is 72.8 Å². The zero-order valence-electron chi connectivity index (χ0n) is 30.8. The Hall–Kier alpha value is -4.30. The van der Waals surface area contributed by atoms with Crippen LogP contribution in [-0.4, -0.2) is 26.4 Å². The van der Waals surface area contributed by atoms with Crippen LogP contribution in [0, 0.1) is 0 Å². The summed E-state index contributed by atoms with van der Waals surface area (Å²) in [7, 11) is -2.10. The molecule has 9 nitrogen and oxygen atoms in total. The van der Waals surface area contributed by atoms with Crippen LogP contribution in [-0.2, 0) is 26.5 Å². The van der Waals surface area contributed by atoms with Crippen molar-refractivity contribution in [3.63, 3.8) is 0 Å². The van der Waals surface area contributed by atoms with Gasteiger partial charge < -0.3 is 9.47 Å². The van der Waals surface area contributed by atoms with Crippen LogP contribution in [0.1, 0.15) is 89.2 Å². The number of unbranched alkanes of at least 4 members (excludes halogenated alkanes) is 6. The Balaban J connectivity index is 0.953. The highest BCUT2D eigenvalue weighted by Gasteiger charge is 2.19. The molecule has 276 valence electrons. The minimum absolute atomic E-state index is 0.399.